The zero-order valence-corrected chi connectivity index (χ0v) is 11.5. The summed E-state index contributed by atoms with van der Waals surface area (Å²) in [4.78, 5) is 11.2. The Morgan fingerprint density at radius 1 is 1.25 bits per heavy atom. The summed E-state index contributed by atoms with van der Waals surface area (Å²) in [5.41, 5.74) is 0.887. The number of halogens is 1. The molecule has 0 aliphatic heterocycles. The molecule has 0 saturated carbocycles. The van der Waals surface area contributed by atoms with Gasteiger partial charge in [-0.15, -0.1) is 0 Å². The second-order valence-corrected chi connectivity index (χ2v) is 4.60. The fourth-order valence-corrected chi connectivity index (χ4v) is 2.23. The van der Waals surface area contributed by atoms with Crippen LogP contribution in [0.25, 0.3) is 0 Å². The molecule has 0 heterocycles. The van der Waals surface area contributed by atoms with Gasteiger partial charge in [-0.05, 0) is 29.3 Å². The molecule has 0 spiro atoms. The number of carboxylic acids is 1. The quantitative estimate of drug-likeness (QED) is 0.908. The number of carbonyl (C=O) groups is 1. The van der Waals surface area contributed by atoms with E-state index >= 15 is 0 Å². The average Bonchev–Trinajstić information content (AvgIpc) is 2.46. The number of hydrogen-bond acceptors (Lipinski definition) is 3. The maximum absolute atomic E-state index is 11.2. The van der Waals surface area contributed by atoms with Crippen LogP contribution < -0.4 is 4.74 Å². The summed E-state index contributed by atoms with van der Waals surface area (Å²) >= 11 is 6.01. The van der Waals surface area contributed by atoms with E-state index in [9.17, 15) is 9.90 Å². The minimum atomic E-state index is -1.08. The van der Waals surface area contributed by atoms with Crippen LogP contribution in [-0.2, 0) is 0 Å². The van der Waals surface area contributed by atoms with E-state index in [0.717, 1.165) is 0 Å². The number of ether oxygens (including phenoxy) is 1. The van der Waals surface area contributed by atoms with E-state index in [4.69, 9.17) is 21.4 Å². The normalized spacial score (nSPS) is 11.9. The highest BCUT2D eigenvalue weighted by Gasteiger charge is 2.18. The van der Waals surface area contributed by atoms with E-state index in [-0.39, 0.29) is 5.56 Å². The minimum absolute atomic E-state index is 0.0620. The molecule has 104 valence electrons. The summed E-state index contributed by atoms with van der Waals surface area (Å²) in [6, 6.07) is 11.1. The largest absolute Gasteiger partial charge is 0.495 e. The molecule has 1 unspecified atom stereocenters. The first-order valence-corrected chi connectivity index (χ1v) is 6.26. The van der Waals surface area contributed by atoms with Crippen molar-refractivity contribution in [3.63, 3.8) is 0 Å². The maximum Gasteiger partial charge on any atom is 0.336 e. The topological polar surface area (TPSA) is 66.8 Å². The molecule has 5 heteroatoms. The van der Waals surface area contributed by atoms with Crippen LogP contribution in [0.15, 0.2) is 42.5 Å². The Morgan fingerprint density at radius 2 is 1.95 bits per heavy atom. The summed E-state index contributed by atoms with van der Waals surface area (Å²) in [5.74, 6) is -0.589. The third-order valence-corrected chi connectivity index (χ3v) is 3.27. The summed E-state index contributed by atoms with van der Waals surface area (Å²) in [7, 11) is 1.50. The average molecular weight is 293 g/mol. The molecule has 0 aromatic heterocycles. The second-order valence-electron chi connectivity index (χ2n) is 4.19. The summed E-state index contributed by atoms with van der Waals surface area (Å²) in [5, 5.41) is 19.8. The van der Waals surface area contributed by atoms with E-state index in [2.05, 4.69) is 0 Å². The number of rotatable bonds is 4. The molecule has 1 atom stereocenters. The van der Waals surface area contributed by atoms with Crippen molar-refractivity contribution in [1.82, 2.24) is 0 Å². The van der Waals surface area contributed by atoms with Crippen LogP contribution in [-0.4, -0.2) is 23.3 Å². The van der Waals surface area contributed by atoms with Gasteiger partial charge in [-0.1, -0.05) is 35.9 Å². The molecule has 4 nitrogen and oxygen atoms in total. The molecule has 20 heavy (non-hydrogen) atoms. The lowest BCUT2D eigenvalue weighted by atomic mass is 9.97. The summed E-state index contributed by atoms with van der Waals surface area (Å²) < 4.78 is 5.04. The van der Waals surface area contributed by atoms with Crippen molar-refractivity contribution in [2.24, 2.45) is 0 Å². The van der Waals surface area contributed by atoms with Crippen LogP contribution in [0.1, 0.15) is 27.6 Å². The fourth-order valence-electron chi connectivity index (χ4n) is 1.96. The van der Waals surface area contributed by atoms with Crippen molar-refractivity contribution in [2.75, 3.05) is 7.11 Å². The Morgan fingerprint density at radius 3 is 2.55 bits per heavy atom. The van der Waals surface area contributed by atoms with E-state index < -0.39 is 12.1 Å². The SMILES string of the molecule is COc1ccc(C(O)c2ccccc2C(=O)O)cc1Cl. The van der Waals surface area contributed by atoms with Crippen molar-refractivity contribution in [3.8, 4) is 5.75 Å². The van der Waals surface area contributed by atoms with Gasteiger partial charge in [-0.25, -0.2) is 4.79 Å². The smallest absolute Gasteiger partial charge is 0.336 e. The predicted octanol–water partition coefficient (Wildman–Crippen LogP) is 3.13. The third kappa shape index (κ3) is 2.76. The maximum atomic E-state index is 11.2. The molecule has 2 rings (SSSR count). The lowest BCUT2D eigenvalue weighted by Crippen LogP contribution is -2.08. The fraction of sp³-hybridized carbons (Fsp3) is 0.133. The lowest BCUT2D eigenvalue weighted by Gasteiger charge is -2.15. The van der Waals surface area contributed by atoms with E-state index in [1.165, 1.54) is 13.2 Å². The summed E-state index contributed by atoms with van der Waals surface area (Å²) in [6.45, 7) is 0. The minimum Gasteiger partial charge on any atom is -0.495 e. The number of aliphatic hydroxyl groups excluding tert-OH is 1. The van der Waals surface area contributed by atoms with Crippen molar-refractivity contribution < 1.29 is 19.7 Å². The first-order valence-electron chi connectivity index (χ1n) is 5.88. The van der Waals surface area contributed by atoms with E-state index in [1.54, 1.807) is 36.4 Å². The molecule has 2 N–H and O–H groups in total. The van der Waals surface area contributed by atoms with Gasteiger partial charge in [0.2, 0.25) is 0 Å². The zero-order valence-electron chi connectivity index (χ0n) is 10.7. The Hall–Kier alpha value is -2.04. The number of benzene rings is 2. The number of carboxylic acid groups (broad SMARTS) is 1. The molecular formula is C15H13ClO4. The standard InChI is InChI=1S/C15H13ClO4/c1-20-13-7-6-9(8-12(13)16)14(17)10-4-2-3-5-11(10)15(18)19/h2-8,14,17H,1H3,(H,18,19). The Labute approximate surface area is 121 Å². The highest BCUT2D eigenvalue weighted by molar-refractivity contribution is 6.32. The van der Waals surface area contributed by atoms with Crippen LogP contribution in [0.4, 0.5) is 0 Å². The molecule has 0 amide bonds. The van der Waals surface area contributed by atoms with Crippen LogP contribution in [0.5, 0.6) is 5.75 Å². The molecule has 0 fully saturated rings. The molecule has 2 aromatic carbocycles. The van der Waals surface area contributed by atoms with Crippen LogP contribution in [0, 0.1) is 0 Å². The van der Waals surface area contributed by atoms with Gasteiger partial charge in [0, 0.05) is 0 Å². The first kappa shape index (κ1) is 14.4. The molecule has 2 aromatic rings. The number of hydrogen-bond donors (Lipinski definition) is 2. The van der Waals surface area contributed by atoms with Crippen LogP contribution in [0.2, 0.25) is 5.02 Å². The van der Waals surface area contributed by atoms with Gasteiger partial charge in [0.1, 0.15) is 11.9 Å². The van der Waals surface area contributed by atoms with Gasteiger partial charge in [-0.2, -0.15) is 0 Å². The van der Waals surface area contributed by atoms with Crippen molar-refractivity contribution in [1.29, 1.82) is 0 Å². The second kappa shape index (κ2) is 5.94. The van der Waals surface area contributed by atoms with Crippen molar-refractivity contribution >= 4 is 17.6 Å². The number of aliphatic hydroxyl groups is 1. The monoisotopic (exact) mass is 292 g/mol. The van der Waals surface area contributed by atoms with Crippen molar-refractivity contribution in [3.05, 3.63) is 64.2 Å². The van der Waals surface area contributed by atoms with Crippen LogP contribution in [0.3, 0.4) is 0 Å². The highest BCUT2D eigenvalue weighted by Crippen LogP contribution is 2.31. The number of aromatic carboxylic acids is 1. The van der Waals surface area contributed by atoms with E-state index in [0.29, 0.717) is 21.9 Å². The highest BCUT2D eigenvalue weighted by atomic mass is 35.5. The molecule has 0 aliphatic carbocycles. The lowest BCUT2D eigenvalue weighted by molar-refractivity contribution is 0.0691. The molecule has 0 radical (unpaired) electrons. The predicted molar refractivity (Wildman–Crippen MR) is 75.5 cm³/mol. The Bertz CT molecular complexity index is 640. The van der Waals surface area contributed by atoms with Crippen LogP contribution >= 0.6 is 11.6 Å². The van der Waals surface area contributed by atoms with Gasteiger partial charge in [0.05, 0.1) is 17.7 Å². The number of methoxy groups -OCH3 is 1. The molecule has 0 bridgehead atoms. The van der Waals surface area contributed by atoms with Gasteiger partial charge in [-0.3, -0.25) is 0 Å². The molecular weight excluding hydrogens is 280 g/mol. The first-order chi connectivity index (χ1) is 9.54. The zero-order chi connectivity index (χ0) is 14.7. The van der Waals surface area contributed by atoms with Gasteiger partial charge in [0.25, 0.3) is 0 Å². The summed E-state index contributed by atoms with van der Waals surface area (Å²) in [6.07, 6.45) is -1.06. The van der Waals surface area contributed by atoms with E-state index in [1.807, 2.05) is 0 Å². The molecule has 0 saturated heterocycles. The van der Waals surface area contributed by atoms with Gasteiger partial charge >= 0.3 is 5.97 Å². The van der Waals surface area contributed by atoms with Gasteiger partial charge in [0.15, 0.2) is 0 Å². The molecule has 0 aliphatic rings. The third-order valence-electron chi connectivity index (χ3n) is 2.98. The Kier molecular flexibility index (Phi) is 4.27. The van der Waals surface area contributed by atoms with Crippen molar-refractivity contribution in [2.45, 2.75) is 6.10 Å². The Balaban J connectivity index is 2.44. The van der Waals surface area contributed by atoms with Gasteiger partial charge < -0.3 is 14.9 Å².